The monoisotopic (exact) mass is 376 g/mol. The highest BCUT2D eigenvalue weighted by atomic mass is 32.2. The van der Waals surface area contributed by atoms with Gasteiger partial charge in [-0.3, -0.25) is 9.00 Å². The summed E-state index contributed by atoms with van der Waals surface area (Å²) in [6.07, 6.45) is 8.92. The largest absolute Gasteiger partial charge is 0.351 e. The highest BCUT2D eigenvalue weighted by Crippen LogP contribution is 2.25. The lowest BCUT2D eigenvalue weighted by Gasteiger charge is -2.25. The van der Waals surface area contributed by atoms with Gasteiger partial charge in [0.15, 0.2) is 0 Å². The van der Waals surface area contributed by atoms with E-state index in [0.717, 1.165) is 36.7 Å². The topological polar surface area (TPSA) is 117 Å². The number of anilines is 1. The van der Waals surface area contributed by atoms with Crippen LogP contribution in [0.3, 0.4) is 0 Å². The van der Waals surface area contributed by atoms with E-state index < -0.39 is 10.8 Å². The first kappa shape index (κ1) is 18.5. The molecule has 0 saturated carbocycles. The van der Waals surface area contributed by atoms with Gasteiger partial charge in [0.25, 0.3) is 5.91 Å². The van der Waals surface area contributed by atoms with Crippen LogP contribution >= 0.6 is 0 Å². The van der Waals surface area contributed by atoms with Crippen molar-refractivity contribution in [2.24, 2.45) is 5.73 Å². The first-order valence-electron chi connectivity index (χ1n) is 8.84. The molecule has 3 rings (SSSR count). The number of nitrogens with two attached hydrogens (primary N) is 1. The molecule has 1 unspecified atom stereocenters. The Balaban J connectivity index is 1.67. The summed E-state index contributed by atoms with van der Waals surface area (Å²) in [7, 11) is -1.30. The molecule has 9 heteroatoms. The number of carbonyl (C=O) groups excluding carboxylic acids is 1. The van der Waals surface area contributed by atoms with Gasteiger partial charge in [-0.15, -0.1) is 0 Å². The van der Waals surface area contributed by atoms with Crippen LogP contribution in [0.15, 0.2) is 29.7 Å². The van der Waals surface area contributed by atoms with Crippen LogP contribution in [0.25, 0.3) is 11.0 Å². The van der Waals surface area contributed by atoms with Crippen molar-refractivity contribution in [1.82, 2.24) is 20.3 Å². The summed E-state index contributed by atoms with van der Waals surface area (Å²) >= 11 is 0. The predicted octanol–water partition coefficient (Wildman–Crippen LogP) is 1.00. The van der Waals surface area contributed by atoms with Crippen molar-refractivity contribution in [3.63, 3.8) is 0 Å². The molecule has 1 aliphatic rings. The molecule has 0 fully saturated rings. The van der Waals surface area contributed by atoms with Gasteiger partial charge in [0.05, 0.1) is 16.2 Å². The van der Waals surface area contributed by atoms with Gasteiger partial charge in [-0.2, -0.15) is 0 Å². The number of aromatic amines is 1. The number of amides is 1. The average Bonchev–Trinajstić information content (AvgIpc) is 3.13. The van der Waals surface area contributed by atoms with Crippen LogP contribution in [-0.2, 0) is 15.6 Å². The number of hydrogen-bond donors (Lipinski definition) is 3. The Kier molecular flexibility index (Phi) is 6.35. The molecule has 2 aromatic rings. The summed E-state index contributed by atoms with van der Waals surface area (Å²) in [6, 6.07) is 1.89. The van der Waals surface area contributed by atoms with Crippen molar-refractivity contribution in [2.75, 3.05) is 30.3 Å². The van der Waals surface area contributed by atoms with Crippen molar-refractivity contribution in [1.29, 1.82) is 0 Å². The van der Waals surface area contributed by atoms with Crippen LogP contribution in [0, 0.1) is 0 Å². The Labute approximate surface area is 154 Å². The summed E-state index contributed by atoms with van der Waals surface area (Å²) in [5, 5.41) is 3.74. The molecule has 140 valence electrons. The molecule has 0 aromatic carbocycles. The minimum absolute atomic E-state index is 0.272. The van der Waals surface area contributed by atoms with E-state index in [2.05, 4.69) is 20.3 Å². The maximum Gasteiger partial charge on any atom is 0.261 e. The summed E-state index contributed by atoms with van der Waals surface area (Å²) in [4.78, 5) is 26.1. The number of fused-ring (bicyclic) bond motifs is 1. The maximum absolute atomic E-state index is 12.4. The molecule has 0 radical (unpaired) electrons. The quantitative estimate of drug-likeness (QED) is 0.592. The van der Waals surface area contributed by atoms with Crippen LogP contribution in [0.4, 0.5) is 5.82 Å². The molecular weight excluding hydrogens is 352 g/mol. The van der Waals surface area contributed by atoms with Crippen molar-refractivity contribution >= 4 is 33.6 Å². The molecule has 3 heterocycles. The number of nitrogens with one attached hydrogen (secondary N) is 2. The SMILES string of the molecule is NCCCCCCNC(=O)C1=CN(c2ncnc3[nH]ccc23)CCS1=O. The Bertz CT molecular complexity index is 818. The van der Waals surface area contributed by atoms with Crippen molar-refractivity contribution in [3.8, 4) is 0 Å². The number of hydrogen-bond acceptors (Lipinski definition) is 6. The molecule has 2 aromatic heterocycles. The fourth-order valence-corrected chi connectivity index (χ4v) is 3.99. The van der Waals surface area contributed by atoms with E-state index in [1.807, 2.05) is 11.0 Å². The Morgan fingerprint density at radius 1 is 1.31 bits per heavy atom. The van der Waals surface area contributed by atoms with E-state index in [4.69, 9.17) is 5.73 Å². The van der Waals surface area contributed by atoms with Crippen molar-refractivity contribution in [3.05, 3.63) is 29.7 Å². The zero-order valence-electron chi connectivity index (χ0n) is 14.6. The van der Waals surface area contributed by atoms with Gasteiger partial charge < -0.3 is 20.9 Å². The predicted molar refractivity (Wildman–Crippen MR) is 103 cm³/mol. The average molecular weight is 376 g/mol. The van der Waals surface area contributed by atoms with Gasteiger partial charge >= 0.3 is 0 Å². The molecule has 8 nitrogen and oxygen atoms in total. The number of carbonyl (C=O) groups is 1. The van der Waals surface area contributed by atoms with E-state index in [0.29, 0.717) is 36.1 Å². The van der Waals surface area contributed by atoms with E-state index in [1.165, 1.54) is 6.33 Å². The van der Waals surface area contributed by atoms with Crippen LogP contribution in [0.2, 0.25) is 0 Å². The second-order valence-electron chi connectivity index (χ2n) is 6.13. The van der Waals surface area contributed by atoms with Gasteiger partial charge in [0.1, 0.15) is 22.7 Å². The van der Waals surface area contributed by atoms with Crippen molar-refractivity contribution in [2.45, 2.75) is 25.7 Å². The minimum Gasteiger partial charge on any atom is -0.351 e. The van der Waals surface area contributed by atoms with Crippen LogP contribution < -0.4 is 16.0 Å². The van der Waals surface area contributed by atoms with Gasteiger partial charge in [-0.05, 0) is 25.5 Å². The highest BCUT2D eigenvalue weighted by Gasteiger charge is 2.25. The zero-order valence-corrected chi connectivity index (χ0v) is 15.4. The normalized spacial score (nSPS) is 17.3. The van der Waals surface area contributed by atoms with Gasteiger partial charge in [-0.1, -0.05) is 12.8 Å². The molecular formula is C17H24N6O2S. The minimum atomic E-state index is -1.30. The number of unbranched alkanes of at least 4 members (excludes halogenated alkanes) is 3. The number of H-pyrrole nitrogens is 1. The fourth-order valence-electron chi connectivity index (χ4n) is 2.88. The molecule has 4 N–H and O–H groups in total. The zero-order chi connectivity index (χ0) is 18.4. The lowest BCUT2D eigenvalue weighted by Crippen LogP contribution is -2.36. The van der Waals surface area contributed by atoms with E-state index in [1.54, 1.807) is 12.4 Å². The first-order chi connectivity index (χ1) is 12.7. The first-order valence-corrected chi connectivity index (χ1v) is 10.2. The van der Waals surface area contributed by atoms with Crippen LogP contribution in [-0.4, -0.2) is 50.5 Å². The maximum atomic E-state index is 12.4. The molecule has 0 aliphatic carbocycles. The second-order valence-corrected chi connectivity index (χ2v) is 7.67. The number of nitrogens with zero attached hydrogens (tertiary/aromatic N) is 3. The van der Waals surface area contributed by atoms with Crippen LogP contribution in [0.1, 0.15) is 25.7 Å². The third-order valence-corrected chi connectivity index (χ3v) is 5.62. The lowest BCUT2D eigenvalue weighted by atomic mass is 10.2. The molecule has 0 saturated heterocycles. The summed E-state index contributed by atoms with van der Waals surface area (Å²) in [6.45, 7) is 1.82. The van der Waals surface area contributed by atoms with E-state index in [9.17, 15) is 9.00 Å². The third-order valence-electron chi connectivity index (χ3n) is 4.28. The van der Waals surface area contributed by atoms with Gasteiger partial charge in [-0.25, -0.2) is 9.97 Å². The highest BCUT2D eigenvalue weighted by molar-refractivity contribution is 7.90. The molecule has 1 amide bonds. The smallest absolute Gasteiger partial charge is 0.261 e. The standard InChI is InChI=1S/C17H24N6O2S/c18-6-3-1-2-4-7-20-17(24)14-11-23(9-10-26(14)25)16-13-5-8-19-15(13)21-12-22-16/h5,8,11-12H,1-4,6-7,9-10,18H2,(H,20,24)(H,19,21,22). The summed E-state index contributed by atoms with van der Waals surface area (Å²) in [5.74, 6) is 0.831. The molecule has 0 bridgehead atoms. The second kappa shape index (κ2) is 8.91. The van der Waals surface area contributed by atoms with E-state index in [-0.39, 0.29) is 5.91 Å². The Morgan fingerprint density at radius 2 is 2.15 bits per heavy atom. The molecule has 26 heavy (non-hydrogen) atoms. The molecule has 1 aliphatic heterocycles. The van der Waals surface area contributed by atoms with E-state index >= 15 is 0 Å². The third kappa shape index (κ3) is 4.28. The summed E-state index contributed by atoms with van der Waals surface area (Å²) < 4.78 is 12.3. The summed E-state index contributed by atoms with van der Waals surface area (Å²) in [5.41, 5.74) is 6.20. The van der Waals surface area contributed by atoms with Gasteiger partial charge in [0, 0.05) is 31.2 Å². The van der Waals surface area contributed by atoms with Gasteiger partial charge in [0.2, 0.25) is 0 Å². The Morgan fingerprint density at radius 3 is 3.00 bits per heavy atom. The number of rotatable bonds is 8. The molecule has 1 atom stereocenters. The lowest BCUT2D eigenvalue weighted by molar-refractivity contribution is -0.116. The van der Waals surface area contributed by atoms with Crippen LogP contribution in [0.5, 0.6) is 0 Å². The fraction of sp³-hybridized carbons (Fsp3) is 0.471. The Hall–Kier alpha value is -2.26. The number of aromatic nitrogens is 3. The van der Waals surface area contributed by atoms with Crippen molar-refractivity contribution < 1.29 is 9.00 Å². The molecule has 0 spiro atoms.